The van der Waals surface area contributed by atoms with E-state index in [1.165, 1.54) is 0 Å². The summed E-state index contributed by atoms with van der Waals surface area (Å²) < 4.78 is 11.2. The molecule has 1 atom stereocenters. The first kappa shape index (κ1) is 18.7. The van der Waals surface area contributed by atoms with E-state index < -0.39 is 6.10 Å². The minimum absolute atomic E-state index is 0.0191. The second-order valence-electron chi connectivity index (χ2n) is 6.06. The zero-order chi connectivity index (χ0) is 18.4. The normalized spacial score (nSPS) is 14.2. The van der Waals surface area contributed by atoms with Gasteiger partial charge in [-0.15, -0.1) is 0 Å². The molecule has 0 aliphatic carbocycles. The van der Waals surface area contributed by atoms with E-state index in [4.69, 9.17) is 26.2 Å². The summed E-state index contributed by atoms with van der Waals surface area (Å²) in [5.74, 6) is 1.44. The number of benzene rings is 2. The lowest BCUT2D eigenvalue weighted by Gasteiger charge is -2.20. The Balaban J connectivity index is 1.54. The molecule has 0 radical (unpaired) electrons. The zero-order valence-electron chi connectivity index (χ0n) is 14.3. The smallest absolute Gasteiger partial charge is 0.130 e. The van der Waals surface area contributed by atoms with E-state index in [2.05, 4.69) is 11.4 Å². The third-order valence-electron chi connectivity index (χ3n) is 4.04. The van der Waals surface area contributed by atoms with Gasteiger partial charge >= 0.3 is 0 Å². The molecule has 3 N–H and O–H groups in total. The fourth-order valence-electron chi connectivity index (χ4n) is 2.75. The van der Waals surface area contributed by atoms with Crippen LogP contribution in [-0.4, -0.2) is 43.1 Å². The molecule has 6 heteroatoms. The Morgan fingerprint density at radius 2 is 2.12 bits per heavy atom. The lowest BCUT2D eigenvalue weighted by Crippen LogP contribution is -2.26. The number of hydrogen-bond donors (Lipinski definition) is 3. The number of ether oxygens (including phenoxy) is 2. The van der Waals surface area contributed by atoms with Gasteiger partial charge in [0.25, 0.3) is 0 Å². The molecular formula is C20H22ClNO4. The molecule has 0 bridgehead atoms. The summed E-state index contributed by atoms with van der Waals surface area (Å²) in [6, 6.07) is 12.8. The molecule has 0 fully saturated rings. The van der Waals surface area contributed by atoms with Gasteiger partial charge in [0.15, 0.2) is 0 Å². The lowest BCUT2D eigenvalue weighted by atomic mass is 10.1. The van der Waals surface area contributed by atoms with Gasteiger partial charge in [-0.1, -0.05) is 23.7 Å². The molecule has 0 aromatic heterocycles. The van der Waals surface area contributed by atoms with Crippen LogP contribution in [0.3, 0.4) is 0 Å². The molecule has 1 aliphatic rings. The fraction of sp³-hybridized carbons (Fsp3) is 0.300. The number of fused-ring (bicyclic) bond motifs is 1. The van der Waals surface area contributed by atoms with E-state index >= 15 is 0 Å². The highest BCUT2D eigenvalue weighted by Gasteiger charge is 2.13. The molecule has 0 saturated carbocycles. The molecule has 26 heavy (non-hydrogen) atoms. The van der Waals surface area contributed by atoms with Gasteiger partial charge in [-0.3, -0.25) is 0 Å². The third-order valence-corrected chi connectivity index (χ3v) is 4.28. The van der Waals surface area contributed by atoms with Crippen molar-refractivity contribution in [2.45, 2.75) is 6.10 Å². The van der Waals surface area contributed by atoms with Crippen molar-refractivity contribution in [2.75, 3.05) is 32.9 Å². The molecule has 1 aliphatic heterocycles. The molecule has 3 rings (SSSR count). The Labute approximate surface area is 157 Å². The largest absolute Gasteiger partial charge is 0.491 e. The summed E-state index contributed by atoms with van der Waals surface area (Å²) in [6.45, 7) is 1.78. The van der Waals surface area contributed by atoms with E-state index in [1.807, 2.05) is 30.3 Å². The van der Waals surface area contributed by atoms with Crippen LogP contribution in [0.15, 0.2) is 48.0 Å². The van der Waals surface area contributed by atoms with Crippen LogP contribution >= 0.6 is 11.6 Å². The van der Waals surface area contributed by atoms with Gasteiger partial charge in [0.05, 0.1) is 12.7 Å². The van der Waals surface area contributed by atoms with Gasteiger partial charge in [-0.05, 0) is 41.5 Å². The molecule has 138 valence electrons. The van der Waals surface area contributed by atoms with Crippen LogP contribution in [0.2, 0.25) is 5.02 Å². The van der Waals surface area contributed by atoms with Crippen LogP contribution in [0.1, 0.15) is 17.2 Å². The first-order valence-electron chi connectivity index (χ1n) is 8.50. The van der Waals surface area contributed by atoms with Gasteiger partial charge in [0.1, 0.15) is 24.7 Å². The average molecular weight is 376 g/mol. The summed E-state index contributed by atoms with van der Waals surface area (Å²) in [6.07, 6.45) is 1.46. The van der Waals surface area contributed by atoms with Gasteiger partial charge in [-0.25, -0.2) is 0 Å². The molecule has 1 heterocycles. The Hall–Kier alpha value is -2.05. The van der Waals surface area contributed by atoms with Crippen molar-refractivity contribution in [2.24, 2.45) is 0 Å². The molecule has 0 saturated heterocycles. The molecule has 0 amide bonds. The molecule has 2 aromatic carbocycles. The van der Waals surface area contributed by atoms with Crippen LogP contribution in [0.5, 0.6) is 11.5 Å². The molecule has 5 nitrogen and oxygen atoms in total. The summed E-state index contributed by atoms with van der Waals surface area (Å²) in [5, 5.41) is 22.9. The zero-order valence-corrected chi connectivity index (χ0v) is 15.1. The average Bonchev–Trinajstić information content (AvgIpc) is 2.66. The van der Waals surface area contributed by atoms with E-state index in [9.17, 15) is 5.11 Å². The minimum atomic E-state index is -0.614. The summed E-state index contributed by atoms with van der Waals surface area (Å²) in [4.78, 5) is 0. The second kappa shape index (κ2) is 9.05. The Morgan fingerprint density at radius 1 is 1.23 bits per heavy atom. The number of rotatable bonds is 8. The maximum absolute atomic E-state index is 10.2. The van der Waals surface area contributed by atoms with Crippen LogP contribution in [0, 0.1) is 0 Å². The highest BCUT2D eigenvalue weighted by atomic mass is 35.5. The van der Waals surface area contributed by atoms with E-state index in [0.717, 1.165) is 22.4 Å². The third kappa shape index (κ3) is 4.99. The standard InChI is InChI=1S/C20H22ClNO4/c21-17-3-1-2-15(9-17)19(24)12-22-11-14-8-16-4-5-18(25-7-6-23)10-20(16)26-13-14/h1-5,8-10,19,22-24H,6-7,11-13H2. The van der Waals surface area contributed by atoms with Gasteiger partial charge in [-0.2, -0.15) is 0 Å². The topological polar surface area (TPSA) is 71.0 Å². The van der Waals surface area contributed by atoms with Crippen molar-refractivity contribution >= 4 is 17.7 Å². The fourth-order valence-corrected chi connectivity index (χ4v) is 2.95. The number of nitrogens with one attached hydrogen (secondary N) is 1. The van der Waals surface area contributed by atoms with E-state index in [1.54, 1.807) is 12.1 Å². The number of hydrogen-bond acceptors (Lipinski definition) is 5. The number of aliphatic hydroxyl groups is 2. The SMILES string of the molecule is OCCOc1ccc2c(c1)OCC(CNCC(O)c1cccc(Cl)c1)=C2. The predicted octanol–water partition coefficient (Wildman–Crippen LogP) is 2.81. The van der Waals surface area contributed by atoms with Crippen molar-refractivity contribution in [1.29, 1.82) is 0 Å². The Morgan fingerprint density at radius 3 is 2.92 bits per heavy atom. The van der Waals surface area contributed by atoms with Crippen LogP contribution < -0.4 is 14.8 Å². The Bertz CT molecular complexity index is 778. The van der Waals surface area contributed by atoms with E-state index in [0.29, 0.717) is 30.5 Å². The Kier molecular flexibility index (Phi) is 6.52. The van der Waals surface area contributed by atoms with Crippen molar-refractivity contribution in [1.82, 2.24) is 5.32 Å². The van der Waals surface area contributed by atoms with Crippen LogP contribution in [0.4, 0.5) is 0 Å². The molecule has 0 spiro atoms. The van der Waals surface area contributed by atoms with Crippen LogP contribution in [0.25, 0.3) is 6.08 Å². The quantitative estimate of drug-likeness (QED) is 0.661. The van der Waals surface area contributed by atoms with Crippen molar-refractivity contribution in [3.8, 4) is 11.5 Å². The molecule has 1 unspecified atom stereocenters. The summed E-state index contributed by atoms with van der Waals surface area (Å²) in [5.41, 5.74) is 2.87. The lowest BCUT2D eigenvalue weighted by molar-refractivity contribution is 0.175. The van der Waals surface area contributed by atoms with Crippen LogP contribution in [-0.2, 0) is 0 Å². The molecule has 2 aromatic rings. The highest BCUT2D eigenvalue weighted by Crippen LogP contribution is 2.30. The maximum Gasteiger partial charge on any atom is 0.130 e. The van der Waals surface area contributed by atoms with E-state index in [-0.39, 0.29) is 13.2 Å². The second-order valence-corrected chi connectivity index (χ2v) is 6.50. The minimum Gasteiger partial charge on any atom is -0.491 e. The predicted molar refractivity (Wildman–Crippen MR) is 102 cm³/mol. The number of halogens is 1. The van der Waals surface area contributed by atoms with Gasteiger partial charge in [0, 0.05) is 29.7 Å². The summed E-state index contributed by atoms with van der Waals surface area (Å²) >= 11 is 5.95. The number of aliphatic hydroxyl groups excluding tert-OH is 2. The van der Waals surface area contributed by atoms with Gasteiger partial charge < -0.3 is 25.0 Å². The van der Waals surface area contributed by atoms with Crippen molar-refractivity contribution < 1.29 is 19.7 Å². The first-order chi connectivity index (χ1) is 12.7. The first-order valence-corrected chi connectivity index (χ1v) is 8.87. The van der Waals surface area contributed by atoms with Crippen molar-refractivity contribution in [3.63, 3.8) is 0 Å². The maximum atomic E-state index is 10.2. The monoisotopic (exact) mass is 375 g/mol. The molecular weight excluding hydrogens is 354 g/mol. The summed E-state index contributed by atoms with van der Waals surface area (Å²) in [7, 11) is 0. The highest BCUT2D eigenvalue weighted by molar-refractivity contribution is 6.30. The van der Waals surface area contributed by atoms with Crippen molar-refractivity contribution in [3.05, 3.63) is 64.2 Å². The van der Waals surface area contributed by atoms with Gasteiger partial charge in [0.2, 0.25) is 0 Å².